The van der Waals surface area contributed by atoms with Crippen LogP contribution in [0.3, 0.4) is 0 Å². The number of hydrogen-bond donors (Lipinski definition) is 1. The van der Waals surface area contributed by atoms with E-state index in [1.54, 1.807) is 7.11 Å². The number of hydrogen-bond acceptors (Lipinski definition) is 3. The van der Waals surface area contributed by atoms with Crippen molar-refractivity contribution in [3.63, 3.8) is 0 Å². The van der Waals surface area contributed by atoms with Gasteiger partial charge in [-0.15, -0.1) is 0 Å². The normalized spacial score (nSPS) is 10.4. The second kappa shape index (κ2) is 10.5. The summed E-state index contributed by atoms with van der Waals surface area (Å²) in [5, 5.41) is 0. The molecule has 66 valence electrons. The van der Waals surface area contributed by atoms with Crippen LogP contribution in [0.25, 0.3) is 0 Å². The highest BCUT2D eigenvalue weighted by molar-refractivity contribution is 7.80. The maximum absolute atomic E-state index is 5.28. The standard InChI is InChI=1S/C7H16O2SSi/c1-8-3-4-9-7-11-6-2-5-10/h10H,2-7H2,1H3. The Bertz CT molecular complexity index is 65.5. The van der Waals surface area contributed by atoms with Gasteiger partial charge in [0.1, 0.15) is 0 Å². The number of thiol groups is 1. The molecule has 0 bridgehead atoms. The van der Waals surface area contributed by atoms with Gasteiger partial charge in [-0.3, -0.25) is 0 Å². The monoisotopic (exact) mass is 192 g/mol. The van der Waals surface area contributed by atoms with E-state index in [-0.39, 0.29) is 0 Å². The lowest BCUT2D eigenvalue weighted by Gasteiger charge is -2.01. The van der Waals surface area contributed by atoms with E-state index in [0.29, 0.717) is 6.61 Å². The molecule has 4 heteroatoms. The predicted octanol–water partition coefficient (Wildman–Crippen LogP) is 1.05. The SMILES string of the molecule is COCCOC[Si]CCCS. The van der Waals surface area contributed by atoms with Crippen LogP contribution in [0.5, 0.6) is 0 Å². The molecule has 11 heavy (non-hydrogen) atoms. The fraction of sp³-hybridized carbons (Fsp3) is 1.00. The van der Waals surface area contributed by atoms with E-state index >= 15 is 0 Å². The zero-order valence-corrected chi connectivity index (χ0v) is 8.90. The molecule has 0 aromatic heterocycles. The fourth-order valence-corrected chi connectivity index (χ4v) is 1.88. The molecular weight excluding hydrogens is 176 g/mol. The second-order valence-corrected chi connectivity index (χ2v) is 3.86. The van der Waals surface area contributed by atoms with E-state index in [1.165, 1.54) is 12.5 Å². The minimum absolute atomic E-state index is 0.705. The van der Waals surface area contributed by atoms with Gasteiger partial charge in [-0.25, -0.2) is 0 Å². The average Bonchev–Trinajstić information content (AvgIpc) is 2.03. The van der Waals surface area contributed by atoms with E-state index in [9.17, 15) is 0 Å². The molecule has 0 atom stereocenters. The summed E-state index contributed by atoms with van der Waals surface area (Å²) in [6.07, 6.45) is 2.09. The summed E-state index contributed by atoms with van der Waals surface area (Å²) < 4.78 is 10.1. The molecule has 0 spiro atoms. The van der Waals surface area contributed by atoms with Gasteiger partial charge in [0.15, 0.2) is 0 Å². The molecule has 0 heterocycles. The van der Waals surface area contributed by atoms with Gasteiger partial charge in [0.2, 0.25) is 0 Å². The molecule has 0 aromatic rings. The van der Waals surface area contributed by atoms with Crippen molar-refractivity contribution in [1.29, 1.82) is 0 Å². The molecule has 0 unspecified atom stereocenters. The average molecular weight is 192 g/mol. The Morgan fingerprint density at radius 1 is 1.36 bits per heavy atom. The maximum atomic E-state index is 5.28. The van der Waals surface area contributed by atoms with Gasteiger partial charge in [-0.1, -0.05) is 6.04 Å². The van der Waals surface area contributed by atoms with Crippen molar-refractivity contribution < 1.29 is 9.47 Å². The Labute approximate surface area is 76.9 Å². The van der Waals surface area contributed by atoms with E-state index in [0.717, 1.165) is 28.1 Å². The molecule has 0 saturated carbocycles. The van der Waals surface area contributed by atoms with Crippen LogP contribution in [-0.2, 0) is 9.47 Å². The topological polar surface area (TPSA) is 18.5 Å². The molecule has 0 aliphatic carbocycles. The summed E-state index contributed by atoms with van der Waals surface area (Å²) in [5.74, 6) is 0.991. The zero-order chi connectivity index (χ0) is 8.36. The number of rotatable bonds is 8. The number of methoxy groups -OCH3 is 1. The van der Waals surface area contributed by atoms with Gasteiger partial charge in [0.05, 0.1) is 22.7 Å². The summed E-state index contributed by atoms with van der Waals surface area (Å²) in [4.78, 5) is 0. The minimum Gasteiger partial charge on any atom is -0.383 e. The third-order valence-electron chi connectivity index (χ3n) is 1.15. The van der Waals surface area contributed by atoms with Gasteiger partial charge >= 0.3 is 0 Å². The molecule has 0 amide bonds. The Hall–Kier alpha value is 0.487. The third-order valence-corrected chi connectivity index (χ3v) is 2.58. The Morgan fingerprint density at radius 2 is 2.18 bits per heavy atom. The van der Waals surface area contributed by atoms with Crippen molar-refractivity contribution in [2.45, 2.75) is 12.5 Å². The molecule has 0 aliphatic heterocycles. The summed E-state index contributed by atoms with van der Waals surface area (Å²) >= 11 is 4.12. The lowest BCUT2D eigenvalue weighted by atomic mass is 10.6. The smallest absolute Gasteiger partial charge is 0.0733 e. The largest absolute Gasteiger partial charge is 0.383 e. The summed E-state index contributed by atoms with van der Waals surface area (Å²) in [6, 6.07) is 1.25. The Balaban J connectivity index is 2.69. The highest BCUT2D eigenvalue weighted by Crippen LogP contribution is 1.90. The van der Waals surface area contributed by atoms with Gasteiger partial charge in [0, 0.05) is 13.3 Å². The molecular formula is C7H16O2SSi. The Kier molecular flexibility index (Phi) is 11.0. The van der Waals surface area contributed by atoms with Crippen LogP contribution in [0.2, 0.25) is 6.04 Å². The van der Waals surface area contributed by atoms with Crippen molar-refractivity contribution >= 4 is 22.1 Å². The summed E-state index contributed by atoms with van der Waals surface area (Å²) in [6.45, 7) is 1.43. The van der Waals surface area contributed by atoms with Crippen LogP contribution < -0.4 is 0 Å². The molecule has 0 N–H and O–H groups in total. The third kappa shape index (κ3) is 10.5. The zero-order valence-electron chi connectivity index (χ0n) is 7.01. The van der Waals surface area contributed by atoms with Gasteiger partial charge in [-0.05, 0) is 12.2 Å². The van der Waals surface area contributed by atoms with Crippen molar-refractivity contribution in [1.82, 2.24) is 0 Å². The molecule has 0 fully saturated rings. The molecule has 2 nitrogen and oxygen atoms in total. The minimum atomic E-state index is 0.705. The first-order valence-corrected chi connectivity index (χ1v) is 5.84. The van der Waals surface area contributed by atoms with Crippen LogP contribution in [-0.4, -0.2) is 41.8 Å². The second-order valence-electron chi connectivity index (χ2n) is 2.12. The van der Waals surface area contributed by atoms with Gasteiger partial charge in [-0.2, -0.15) is 12.6 Å². The summed E-state index contributed by atoms with van der Waals surface area (Å²) in [5.41, 5.74) is 0. The van der Waals surface area contributed by atoms with Crippen LogP contribution in [0.4, 0.5) is 0 Å². The van der Waals surface area contributed by atoms with Crippen molar-refractivity contribution in [3.05, 3.63) is 0 Å². The lowest BCUT2D eigenvalue weighted by Crippen LogP contribution is -2.08. The highest BCUT2D eigenvalue weighted by Gasteiger charge is 1.89. The van der Waals surface area contributed by atoms with Crippen molar-refractivity contribution in [2.24, 2.45) is 0 Å². The summed E-state index contributed by atoms with van der Waals surface area (Å²) in [7, 11) is 2.61. The Morgan fingerprint density at radius 3 is 2.82 bits per heavy atom. The fourth-order valence-electron chi connectivity index (χ4n) is 0.563. The van der Waals surface area contributed by atoms with E-state index in [2.05, 4.69) is 12.6 Å². The van der Waals surface area contributed by atoms with Crippen molar-refractivity contribution in [2.75, 3.05) is 32.3 Å². The number of ether oxygens (including phenoxy) is 2. The van der Waals surface area contributed by atoms with Gasteiger partial charge in [0.25, 0.3) is 0 Å². The molecule has 0 aromatic carbocycles. The van der Waals surface area contributed by atoms with Crippen molar-refractivity contribution in [3.8, 4) is 0 Å². The first-order chi connectivity index (χ1) is 5.41. The predicted molar refractivity (Wildman–Crippen MR) is 51.7 cm³/mol. The quantitative estimate of drug-likeness (QED) is 0.352. The molecule has 0 saturated heterocycles. The van der Waals surface area contributed by atoms with Crippen LogP contribution in [0.15, 0.2) is 0 Å². The maximum Gasteiger partial charge on any atom is 0.0733 e. The first kappa shape index (κ1) is 11.5. The lowest BCUT2D eigenvalue weighted by molar-refractivity contribution is 0.0925. The van der Waals surface area contributed by atoms with Crippen LogP contribution in [0.1, 0.15) is 6.42 Å². The van der Waals surface area contributed by atoms with Gasteiger partial charge < -0.3 is 9.47 Å². The molecule has 0 aliphatic rings. The van der Waals surface area contributed by atoms with Crippen LogP contribution >= 0.6 is 12.6 Å². The van der Waals surface area contributed by atoms with E-state index in [4.69, 9.17) is 9.47 Å². The molecule has 2 radical (unpaired) electrons. The molecule has 0 rings (SSSR count). The highest BCUT2D eigenvalue weighted by atomic mass is 32.1. The first-order valence-electron chi connectivity index (χ1n) is 3.80. The van der Waals surface area contributed by atoms with E-state index in [1.807, 2.05) is 0 Å². The van der Waals surface area contributed by atoms with Crippen LogP contribution in [0, 0.1) is 0 Å². The van der Waals surface area contributed by atoms with E-state index < -0.39 is 0 Å².